The third-order valence-corrected chi connectivity index (χ3v) is 4.10. The van der Waals surface area contributed by atoms with Gasteiger partial charge in [0, 0.05) is 6.92 Å². The number of carbonyl (C=O) groups is 2. The maximum Gasteiger partial charge on any atom is 0.308 e. The minimum atomic E-state index is -2.14. The van der Waals surface area contributed by atoms with Gasteiger partial charge >= 0.3 is 5.97 Å². The van der Waals surface area contributed by atoms with Gasteiger partial charge < -0.3 is 9.29 Å². The summed E-state index contributed by atoms with van der Waals surface area (Å²) in [6.07, 6.45) is 1.20. The van der Waals surface area contributed by atoms with Gasteiger partial charge in [-0.3, -0.25) is 14.9 Å². The Hall–Kier alpha value is -2.10. The van der Waals surface area contributed by atoms with E-state index in [1.165, 1.54) is 25.3 Å². The molecule has 0 aliphatic carbocycles. The average Bonchev–Trinajstić information content (AvgIpc) is 2.87. The van der Waals surface area contributed by atoms with Crippen molar-refractivity contribution in [3.63, 3.8) is 0 Å². The summed E-state index contributed by atoms with van der Waals surface area (Å²) in [5.74, 6) is -0.941. The number of rotatable bonds is 4. The number of aromatic nitrogens is 1. The first-order chi connectivity index (χ1) is 9.97. The third kappa shape index (κ3) is 3.94. The van der Waals surface area contributed by atoms with E-state index in [-0.39, 0.29) is 20.7 Å². The van der Waals surface area contributed by atoms with Crippen LogP contribution in [0.25, 0.3) is 0 Å². The van der Waals surface area contributed by atoms with Crippen molar-refractivity contribution in [1.82, 2.24) is 4.98 Å². The highest BCUT2D eigenvalue weighted by atomic mass is 32.2. The second-order valence-electron chi connectivity index (χ2n) is 3.78. The predicted octanol–water partition coefficient (Wildman–Crippen LogP) is 1.90. The van der Waals surface area contributed by atoms with Gasteiger partial charge in [0.2, 0.25) is 0 Å². The summed E-state index contributed by atoms with van der Waals surface area (Å²) in [5, 5.41) is 2.65. The van der Waals surface area contributed by atoms with E-state index < -0.39 is 23.0 Å². The van der Waals surface area contributed by atoms with Gasteiger partial charge in [-0.05, 0) is 12.1 Å². The van der Waals surface area contributed by atoms with E-state index in [9.17, 15) is 13.8 Å². The number of hydrogen-bond donors (Lipinski definition) is 2. The molecule has 1 aromatic heterocycles. The van der Waals surface area contributed by atoms with Crippen molar-refractivity contribution in [1.29, 1.82) is 0 Å². The van der Waals surface area contributed by atoms with Gasteiger partial charge in [-0.1, -0.05) is 23.5 Å². The van der Waals surface area contributed by atoms with Gasteiger partial charge in [-0.2, -0.15) is 0 Å². The Morgan fingerprint density at radius 3 is 2.71 bits per heavy atom. The van der Waals surface area contributed by atoms with E-state index in [4.69, 9.17) is 9.29 Å². The predicted molar refractivity (Wildman–Crippen MR) is 76.9 cm³/mol. The summed E-state index contributed by atoms with van der Waals surface area (Å²) in [5.41, 5.74) is 0.162. The van der Waals surface area contributed by atoms with E-state index in [2.05, 4.69) is 10.3 Å². The third-order valence-electron chi connectivity index (χ3n) is 2.26. The van der Waals surface area contributed by atoms with Crippen molar-refractivity contribution >= 4 is 39.4 Å². The van der Waals surface area contributed by atoms with Crippen molar-refractivity contribution in [3.8, 4) is 5.75 Å². The van der Waals surface area contributed by atoms with E-state index in [1.54, 1.807) is 12.1 Å². The summed E-state index contributed by atoms with van der Waals surface area (Å²) in [6.45, 7) is 1.23. The molecule has 0 saturated heterocycles. The standard InChI is InChI=1S/C12H10N2O5S2/c1-7(15)19-9-5-3-2-4-8(9)11(16)14-12-13-6-10(20-12)21(17)18/h2-6H,1H3,(H,17,18)(H,13,14,16). The first-order valence-corrected chi connectivity index (χ1v) is 7.55. The van der Waals surface area contributed by atoms with Crippen LogP contribution in [0.4, 0.5) is 5.13 Å². The van der Waals surface area contributed by atoms with Crippen LogP contribution in [0.1, 0.15) is 17.3 Å². The lowest BCUT2D eigenvalue weighted by Gasteiger charge is -2.07. The molecule has 1 heterocycles. The second kappa shape index (κ2) is 6.57. The van der Waals surface area contributed by atoms with Crippen LogP contribution in [0.15, 0.2) is 34.7 Å². The number of amides is 1. The highest BCUT2D eigenvalue weighted by Gasteiger charge is 2.16. The Balaban J connectivity index is 2.19. The molecule has 2 aromatic rings. The maximum atomic E-state index is 12.1. The van der Waals surface area contributed by atoms with Crippen LogP contribution in [0.5, 0.6) is 5.75 Å². The number of carbonyl (C=O) groups excluding carboxylic acids is 2. The van der Waals surface area contributed by atoms with E-state index >= 15 is 0 Å². The fraction of sp³-hybridized carbons (Fsp3) is 0.0833. The molecule has 0 spiro atoms. The highest BCUT2D eigenvalue weighted by molar-refractivity contribution is 7.81. The topological polar surface area (TPSA) is 106 Å². The van der Waals surface area contributed by atoms with E-state index in [0.717, 1.165) is 11.3 Å². The summed E-state index contributed by atoms with van der Waals surface area (Å²) in [6, 6.07) is 6.24. The summed E-state index contributed by atoms with van der Waals surface area (Å²) in [4.78, 5) is 26.9. The summed E-state index contributed by atoms with van der Waals surface area (Å²) in [7, 11) is 0. The second-order valence-corrected chi connectivity index (χ2v) is 6.00. The van der Waals surface area contributed by atoms with E-state index in [1.807, 2.05) is 0 Å². The molecular formula is C12H10N2O5S2. The van der Waals surface area contributed by atoms with Gasteiger partial charge in [0.05, 0.1) is 11.8 Å². The Kier molecular flexibility index (Phi) is 4.78. The van der Waals surface area contributed by atoms with Gasteiger partial charge in [0.25, 0.3) is 5.91 Å². The molecule has 1 atom stereocenters. The molecule has 21 heavy (non-hydrogen) atoms. The smallest absolute Gasteiger partial charge is 0.308 e. The first kappa shape index (κ1) is 15.3. The van der Waals surface area contributed by atoms with Gasteiger partial charge in [0.15, 0.2) is 16.2 Å². The molecule has 7 nitrogen and oxygen atoms in total. The molecular weight excluding hydrogens is 316 g/mol. The van der Waals surface area contributed by atoms with Crippen molar-refractivity contribution in [2.24, 2.45) is 0 Å². The largest absolute Gasteiger partial charge is 0.426 e. The molecule has 1 aromatic carbocycles. The quantitative estimate of drug-likeness (QED) is 0.505. The van der Waals surface area contributed by atoms with Crippen LogP contribution in [0.3, 0.4) is 0 Å². The number of nitrogens with one attached hydrogen (secondary N) is 1. The molecule has 0 aliphatic heterocycles. The fourth-order valence-electron chi connectivity index (χ4n) is 1.46. The summed E-state index contributed by atoms with van der Waals surface area (Å²) >= 11 is -1.26. The number of benzene rings is 1. The number of hydrogen-bond acceptors (Lipinski definition) is 6. The minimum absolute atomic E-state index is 0.124. The van der Waals surface area contributed by atoms with Gasteiger partial charge in [-0.15, -0.1) is 0 Å². The van der Waals surface area contributed by atoms with Crippen molar-refractivity contribution < 1.29 is 23.1 Å². The number of anilines is 1. The van der Waals surface area contributed by atoms with Crippen molar-refractivity contribution in [2.75, 3.05) is 5.32 Å². The molecule has 0 bridgehead atoms. The first-order valence-electron chi connectivity index (χ1n) is 5.63. The molecule has 2 N–H and O–H groups in total. The fourth-order valence-corrected chi connectivity index (χ4v) is 2.67. The number of para-hydroxylation sites is 1. The Morgan fingerprint density at radius 2 is 2.10 bits per heavy atom. The van der Waals surface area contributed by atoms with Gasteiger partial charge in [0.1, 0.15) is 9.96 Å². The van der Waals surface area contributed by atoms with Gasteiger partial charge in [-0.25, -0.2) is 9.19 Å². The average molecular weight is 326 g/mol. The molecule has 1 unspecified atom stereocenters. The van der Waals surface area contributed by atoms with Crippen molar-refractivity contribution in [2.45, 2.75) is 11.1 Å². The van der Waals surface area contributed by atoms with Crippen LogP contribution in [0.2, 0.25) is 0 Å². The SMILES string of the molecule is CC(=O)Oc1ccccc1C(=O)Nc1ncc(S(=O)O)s1. The monoisotopic (exact) mass is 326 g/mol. The number of esters is 1. The molecule has 0 radical (unpaired) electrons. The Morgan fingerprint density at radius 1 is 1.38 bits per heavy atom. The molecule has 2 rings (SSSR count). The molecule has 1 amide bonds. The number of thiazole rings is 1. The molecule has 9 heteroatoms. The van der Waals surface area contributed by atoms with Crippen LogP contribution in [-0.4, -0.2) is 25.6 Å². The van der Waals surface area contributed by atoms with Crippen molar-refractivity contribution in [3.05, 3.63) is 36.0 Å². The lowest BCUT2D eigenvalue weighted by molar-refractivity contribution is -0.131. The normalized spacial score (nSPS) is 11.7. The molecule has 0 aliphatic rings. The van der Waals surface area contributed by atoms with Crippen LogP contribution < -0.4 is 10.1 Å². The number of nitrogens with zero attached hydrogens (tertiary/aromatic N) is 1. The molecule has 0 fully saturated rings. The lowest BCUT2D eigenvalue weighted by Crippen LogP contribution is -2.14. The maximum absolute atomic E-state index is 12.1. The Bertz CT molecular complexity index is 713. The Labute approximate surface area is 126 Å². The van der Waals surface area contributed by atoms with Crippen LogP contribution in [0, 0.1) is 0 Å². The van der Waals surface area contributed by atoms with E-state index in [0.29, 0.717) is 0 Å². The lowest BCUT2D eigenvalue weighted by atomic mass is 10.2. The van der Waals surface area contributed by atoms with Crippen LogP contribution in [-0.2, 0) is 15.9 Å². The molecule has 110 valence electrons. The highest BCUT2D eigenvalue weighted by Crippen LogP contribution is 2.23. The minimum Gasteiger partial charge on any atom is -0.426 e. The van der Waals surface area contributed by atoms with Crippen LogP contribution >= 0.6 is 11.3 Å². The summed E-state index contributed by atoms with van der Waals surface area (Å²) < 4.78 is 24.8. The zero-order chi connectivity index (χ0) is 15.4. The number of ether oxygens (including phenoxy) is 1. The zero-order valence-corrected chi connectivity index (χ0v) is 12.4. The zero-order valence-electron chi connectivity index (χ0n) is 10.7. The molecule has 0 saturated carbocycles.